The van der Waals surface area contributed by atoms with E-state index in [1.54, 1.807) is 12.1 Å². The third kappa shape index (κ3) is 2.82. The van der Waals surface area contributed by atoms with E-state index in [0.717, 1.165) is 55.9 Å². The highest BCUT2D eigenvalue weighted by molar-refractivity contribution is 5.95. The predicted octanol–water partition coefficient (Wildman–Crippen LogP) is 7.37. The molecule has 1 aromatic heterocycles. The van der Waals surface area contributed by atoms with Crippen molar-refractivity contribution in [2.75, 3.05) is 0 Å². The number of phenols is 1. The molecule has 4 heteroatoms. The molecule has 1 aliphatic rings. The van der Waals surface area contributed by atoms with E-state index < -0.39 is 0 Å². The number of imidazole rings is 1. The summed E-state index contributed by atoms with van der Waals surface area (Å²) in [5, 5.41) is 14.4. The van der Waals surface area contributed by atoms with Crippen LogP contribution in [0.3, 0.4) is 0 Å². The minimum Gasteiger partial charge on any atom is -0.508 e. The molecule has 7 rings (SSSR count). The molecule has 34 heavy (non-hydrogen) atoms. The number of hydrogen-bond donors (Lipinski definition) is 2. The standard InChI is InChI=1S/C30H20N2O2/c33-21-12-13-23-20(16-21)11-15-26-28(23)29(24-17-31-30(32-24)19-7-2-1-3-8-19)27-22-9-5-4-6-18(22)10-14-25(27)34-26/h1-17,29,33H,(H,31,32). The molecule has 6 aromatic rings. The van der Waals surface area contributed by atoms with Gasteiger partial charge in [0, 0.05) is 28.6 Å². The second-order valence-electron chi connectivity index (χ2n) is 8.67. The van der Waals surface area contributed by atoms with E-state index in [9.17, 15) is 5.11 Å². The van der Waals surface area contributed by atoms with E-state index in [2.05, 4.69) is 53.5 Å². The number of nitrogens with zero attached hydrogens (tertiary/aromatic N) is 1. The molecule has 0 amide bonds. The Bertz CT molecular complexity index is 1700. The van der Waals surface area contributed by atoms with Crippen molar-refractivity contribution in [3.8, 4) is 28.6 Å². The smallest absolute Gasteiger partial charge is 0.137 e. The molecule has 2 heterocycles. The summed E-state index contributed by atoms with van der Waals surface area (Å²) in [7, 11) is 0. The van der Waals surface area contributed by atoms with Crippen molar-refractivity contribution < 1.29 is 9.84 Å². The summed E-state index contributed by atoms with van der Waals surface area (Å²) in [6.07, 6.45) is 1.94. The molecule has 0 aliphatic carbocycles. The molecule has 5 aromatic carbocycles. The van der Waals surface area contributed by atoms with Crippen LogP contribution >= 0.6 is 0 Å². The summed E-state index contributed by atoms with van der Waals surface area (Å²) in [5.74, 6) is 2.65. The van der Waals surface area contributed by atoms with Crippen LogP contribution in [0.25, 0.3) is 32.9 Å². The molecular formula is C30H20N2O2. The molecule has 0 fully saturated rings. The number of phenolic OH excluding ortho intramolecular Hbond substituents is 1. The summed E-state index contributed by atoms with van der Waals surface area (Å²) >= 11 is 0. The van der Waals surface area contributed by atoms with E-state index in [1.165, 1.54) is 5.39 Å². The van der Waals surface area contributed by atoms with E-state index in [1.807, 2.05) is 42.6 Å². The summed E-state index contributed by atoms with van der Waals surface area (Å²) in [5.41, 5.74) is 4.24. The molecule has 1 unspecified atom stereocenters. The Morgan fingerprint density at radius 2 is 1.41 bits per heavy atom. The molecule has 1 atom stereocenters. The highest BCUT2D eigenvalue weighted by atomic mass is 16.5. The molecule has 4 nitrogen and oxygen atoms in total. The van der Waals surface area contributed by atoms with Crippen molar-refractivity contribution in [3.05, 3.63) is 120 Å². The normalized spacial score (nSPS) is 14.5. The zero-order valence-electron chi connectivity index (χ0n) is 18.2. The summed E-state index contributed by atoms with van der Waals surface area (Å²) in [6, 6.07) is 32.2. The Balaban J connectivity index is 1.54. The van der Waals surface area contributed by atoms with Gasteiger partial charge >= 0.3 is 0 Å². The van der Waals surface area contributed by atoms with Crippen LogP contribution in [-0.2, 0) is 0 Å². The van der Waals surface area contributed by atoms with Crippen molar-refractivity contribution in [2.45, 2.75) is 5.92 Å². The maximum Gasteiger partial charge on any atom is 0.137 e. The molecule has 1 aliphatic heterocycles. The van der Waals surface area contributed by atoms with Crippen molar-refractivity contribution in [1.82, 2.24) is 9.97 Å². The van der Waals surface area contributed by atoms with Crippen molar-refractivity contribution in [2.24, 2.45) is 0 Å². The Hall–Kier alpha value is -4.57. The van der Waals surface area contributed by atoms with Crippen LogP contribution in [0, 0.1) is 0 Å². The summed E-state index contributed by atoms with van der Waals surface area (Å²) in [6.45, 7) is 0. The second kappa shape index (κ2) is 7.22. The van der Waals surface area contributed by atoms with Gasteiger partial charge in [-0.15, -0.1) is 0 Å². The van der Waals surface area contributed by atoms with Gasteiger partial charge in [0.15, 0.2) is 0 Å². The molecule has 0 saturated carbocycles. The van der Waals surface area contributed by atoms with Gasteiger partial charge in [-0.05, 0) is 45.8 Å². The number of aromatic nitrogens is 2. The first-order valence-electron chi connectivity index (χ1n) is 11.3. The molecule has 0 bridgehead atoms. The molecule has 2 N–H and O–H groups in total. The zero-order valence-corrected chi connectivity index (χ0v) is 18.2. The van der Waals surface area contributed by atoms with E-state index in [-0.39, 0.29) is 11.7 Å². The van der Waals surface area contributed by atoms with Gasteiger partial charge in [-0.2, -0.15) is 0 Å². The van der Waals surface area contributed by atoms with E-state index >= 15 is 0 Å². The van der Waals surface area contributed by atoms with Gasteiger partial charge in [0.25, 0.3) is 0 Å². The SMILES string of the molecule is Oc1ccc2c3c(ccc2c1)Oc1ccc2ccccc2c1C3c1cnc(-c2ccccc2)[nH]1. The third-order valence-electron chi connectivity index (χ3n) is 6.69. The van der Waals surface area contributed by atoms with Crippen LogP contribution in [0.15, 0.2) is 103 Å². The average Bonchev–Trinajstić information content (AvgIpc) is 3.37. The van der Waals surface area contributed by atoms with Crippen LogP contribution in [-0.4, -0.2) is 15.1 Å². The average molecular weight is 441 g/mol. The molecule has 162 valence electrons. The Labute approximate surface area is 196 Å². The Morgan fingerprint density at radius 3 is 2.24 bits per heavy atom. The van der Waals surface area contributed by atoms with Gasteiger partial charge in [0.05, 0.1) is 5.92 Å². The first-order valence-corrected chi connectivity index (χ1v) is 11.3. The van der Waals surface area contributed by atoms with E-state index in [4.69, 9.17) is 9.72 Å². The van der Waals surface area contributed by atoms with Gasteiger partial charge in [-0.1, -0.05) is 72.8 Å². The van der Waals surface area contributed by atoms with Crippen LogP contribution in [0.2, 0.25) is 0 Å². The van der Waals surface area contributed by atoms with Crippen molar-refractivity contribution >= 4 is 21.5 Å². The van der Waals surface area contributed by atoms with Crippen LogP contribution in [0.4, 0.5) is 0 Å². The third-order valence-corrected chi connectivity index (χ3v) is 6.69. The Kier molecular flexibility index (Phi) is 4.02. The molecule has 0 saturated heterocycles. The molecule has 0 radical (unpaired) electrons. The highest BCUT2D eigenvalue weighted by Gasteiger charge is 2.33. The number of benzene rings is 5. The lowest BCUT2D eigenvalue weighted by Crippen LogP contribution is -2.13. The fraction of sp³-hybridized carbons (Fsp3) is 0.0333. The van der Waals surface area contributed by atoms with Crippen LogP contribution in [0.5, 0.6) is 17.2 Å². The zero-order chi connectivity index (χ0) is 22.6. The van der Waals surface area contributed by atoms with Crippen LogP contribution < -0.4 is 4.74 Å². The monoisotopic (exact) mass is 440 g/mol. The topological polar surface area (TPSA) is 58.1 Å². The lowest BCUT2D eigenvalue weighted by Gasteiger charge is -2.30. The first-order chi connectivity index (χ1) is 16.8. The summed E-state index contributed by atoms with van der Waals surface area (Å²) < 4.78 is 6.47. The number of hydrogen-bond acceptors (Lipinski definition) is 3. The minimum atomic E-state index is -0.108. The maximum atomic E-state index is 10.1. The highest BCUT2D eigenvalue weighted by Crippen LogP contribution is 2.52. The maximum absolute atomic E-state index is 10.1. The van der Waals surface area contributed by atoms with Gasteiger partial charge in [-0.3, -0.25) is 0 Å². The number of rotatable bonds is 2. The number of nitrogens with one attached hydrogen (secondary N) is 1. The predicted molar refractivity (Wildman–Crippen MR) is 135 cm³/mol. The lowest BCUT2D eigenvalue weighted by molar-refractivity contribution is 0.455. The largest absolute Gasteiger partial charge is 0.508 e. The fourth-order valence-electron chi connectivity index (χ4n) is 5.17. The summed E-state index contributed by atoms with van der Waals surface area (Å²) in [4.78, 5) is 8.35. The Morgan fingerprint density at radius 1 is 0.706 bits per heavy atom. The van der Waals surface area contributed by atoms with Gasteiger partial charge in [-0.25, -0.2) is 4.98 Å². The quantitative estimate of drug-likeness (QED) is 0.295. The minimum absolute atomic E-state index is 0.108. The van der Waals surface area contributed by atoms with Gasteiger partial charge in [0.1, 0.15) is 23.1 Å². The number of ether oxygens (including phenoxy) is 1. The first kappa shape index (κ1) is 18.9. The van der Waals surface area contributed by atoms with Crippen molar-refractivity contribution in [1.29, 1.82) is 0 Å². The fourth-order valence-corrected chi connectivity index (χ4v) is 5.17. The van der Waals surface area contributed by atoms with Crippen LogP contribution in [0.1, 0.15) is 22.7 Å². The van der Waals surface area contributed by atoms with Crippen molar-refractivity contribution in [3.63, 3.8) is 0 Å². The number of aromatic amines is 1. The number of aromatic hydroxyl groups is 1. The van der Waals surface area contributed by atoms with E-state index in [0.29, 0.717) is 0 Å². The second-order valence-corrected chi connectivity index (χ2v) is 8.67. The number of fused-ring (bicyclic) bond motifs is 6. The van der Waals surface area contributed by atoms with Gasteiger partial charge < -0.3 is 14.8 Å². The van der Waals surface area contributed by atoms with Gasteiger partial charge in [0.2, 0.25) is 0 Å². The molecular weight excluding hydrogens is 420 g/mol. The molecule has 0 spiro atoms. The lowest BCUT2D eigenvalue weighted by atomic mass is 9.81. The number of H-pyrrole nitrogens is 1.